The van der Waals surface area contributed by atoms with Crippen LogP contribution in [0.5, 0.6) is 0 Å². The molecule has 0 unspecified atom stereocenters. The van der Waals surface area contributed by atoms with Gasteiger partial charge in [0, 0.05) is 18.9 Å². The van der Waals surface area contributed by atoms with E-state index in [0.717, 1.165) is 9.87 Å². The summed E-state index contributed by atoms with van der Waals surface area (Å²) in [6.45, 7) is 3.23. The van der Waals surface area contributed by atoms with E-state index in [2.05, 4.69) is 9.71 Å². The van der Waals surface area contributed by atoms with Crippen LogP contribution in [0.4, 0.5) is 5.69 Å². The SMILES string of the molecule is CC1(C)CS(=O)(=O)N(c2ccc(S(=O)(=O)NCc3ccncc3)cc2)C1=O. The Kier molecular flexibility index (Phi) is 4.83. The zero-order chi connectivity index (χ0) is 19.9. The van der Waals surface area contributed by atoms with Crippen LogP contribution in [-0.2, 0) is 31.4 Å². The van der Waals surface area contributed by atoms with Crippen LogP contribution in [0.1, 0.15) is 19.4 Å². The number of nitrogens with one attached hydrogen (secondary N) is 1. The highest BCUT2D eigenvalue weighted by Gasteiger charge is 2.49. The van der Waals surface area contributed by atoms with Gasteiger partial charge in [-0.25, -0.2) is 25.9 Å². The van der Waals surface area contributed by atoms with Crippen LogP contribution in [0.2, 0.25) is 0 Å². The molecule has 1 aliphatic heterocycles. The lowest BCUT2D eigenvalue weighted by Crippen LogP contribution is -2.33. The lowest BCUT2D eigenvalue weighted by atomic mass is 9.95. The number of amides is 1. The fourth-order valence-electron chi connectivity index (χ4n) is 2.78. The van der Waals surface area contributed by atoms with Gasteiger partial charge < -0.3 is 0 Å². The van der Waals surface area contributed by atoms with Gasteiger partial charge in [-0.1, -0.05) is 0 Å². The number of nitrogens with zero attached hydrogens (tertiary/aromatic N) is 2. The number of anilines is 1. The molecule has 0 atom stereocenters. The predicted octanol–water partition coefficient (Wildman–Crippen LogP) is 1.26. The molecule has 0 saturated carbocycles. The molecule has 3 rings (SSSR count). The van der Waals surface area contributed by atoms with Gasteiger partial charge >= 0.3 is 0 Å². The van der Waals surface area contributed by atoms with Crippen LogP contribution < -0.4 is 9.03 Å². The first-order chi connectivity index (χ1) is 12.5. The Bertz CT molecular complexity index is 1060. The number of carbonyl (C=O) groups is 1. The molecule has 1 aliphatic rings. The van der Waals surface area contributed by atoms with Gasteiger partial charge in [-0.2, -0.15) is 0 Å². The van der Waals surface area contributed by atoms with E-state index >= 15 is 0 Å². The molecule has 2 heterocycles. The maximum Gasteiger partial charge on any atom is 0.247 e. The van der Waals surface area contributed by atoms with Gasteiger partial charge in [0.2, 0.25) is 26.0 Å². The maximum absolute atomic E-state index is 12.4. The summed E-state index contributed by atoms with van der Waals surface area (Å²) in [6.07, 6.45) is 3.13. The second kappa shape index (κ2) is 6.70. The fourth-order valence-corrected chi connectivity index (χ4v) is 5.91. The van der Waals surface area contributed by atoms with Crippen molar-refractivity contribution in [2.24, 2.45) is 5.41 Å². The van der Waals surface area contributed by atoms with Crippen molar-refractivity contribution >= 4 is 31.6 Å². The van der Waals surface area contributed by atoms with Crippen molar-refractivity contribution in [3.05, 3.63) is 54.4 Å². The number of benzene rings is 1. The summed E-state index contributed by atoms with van der Waals surface area (Å²) in [4.78, 5) is 16.2. The average molecular weight is 409 g/mol. The third-order valence-electron chi connectivity index (χ3n) is 4.18. The Balaban J connectivity index is 1.82. The molecular formula is C17H19N3O5S2. The summed E-state index contributed by atoms with van der Waals surface area (Å²) in [5, 5.41) is 0. The number of hydrogen-bond acceptors (Lipinski definition) is 6. The first-order valence-corrected chi connectivity index (χ1v) is 11.2. The van der Waals surface area contributed by atoms with Crippen LogP contribution in [0.25, 0.3) is 0 Å². The van der Waals surface area contributed by atoms with Gasteiger partial charge in [-0.05, 0) is 55.8 Å². The second-order valence-electron chi connectivity index (χ2n) is 6.88. The van der Waals surface area contributed by atoms with Gasteiger partial charge in [-0.3, -0.25) is 9.78 Å². The fraction of sp³-hybridized carbons (Fsp3) is 0.294. The van der Waals surface area contributed by atoms with Gasteiger partial charge in [0.1, 0.15) is 0 Å². The van der Waals surface area contributed by atoms with E-state index in [4.69, 9.17) is 0 Å². The molecule has 10 heteroatoms. The van der Waals surface area contributed by atoms with Crippen molar-refractivity contribution < 1.29 is 21.6 Å². The summed E-state index contributed by atoms with van der Waals surface area (Å²) in [6, 6.07) is 8.57. The molecule has 1 fully saturated rings. The molecule has 8 nitrogen and oxygen atoms in total. The summed E-state index contributed by atoms with van der Waals surface area (Å²) in [5.41, 5.74) is -0.143. The average Bonchev–Trinajstić information content (AvgIpc) is 2.77. The van der Waals surface area contributed by atoms with E-state index in [1.807, 2.05) is 0 Å². The topological polar surface area (TPSA) is 114 Å². The van der Waals surface area contributed by atoms with E-state index in [9.17, 15) is 21.6 Å². The minimum Gasteiger partial charge on any atom is -0.273 e. The molecule has 0 radical (unpaired) electrons. The quantitative estimate of drug-likeness (QED) is 0.795. The highest BCUT2D eigenvalue weighted by Crippen LogP contribution is 2.35. The Hall–Kier alpha value is -2.30. The van der Waals surface area contributed by atoms with Gasteiger partial charge in [-0.15, -0.1) is 0 Å². The van der Waals surface area contributed by atoms with Crippen molar-refractivity contribution in [3.8, 4) is 0 Å². The Morgan fingerprint density at radius 1 is 1.11 bits per heavy atom. The third kappa shape index (κ3) is 3.87. The molecule has 0 bridgehead atoms. The molecule has 0 spiro atoms. The van der Waals surface area contributed by atoms with Gasteiger partial charge in [0.25, 0.3) is 0 Å². The summed E-state index contributed by atoms with van der Waals surface area (Å²) >= 11 is 0. The van der Waals surface area contributed by atoms with E-state index in [-0.39, 0.29) is 22.9 Å². The molecule has 1 saturated heterocycles. The zero-order valence-electron chi connectivity index (χ0n) is 14.8. The summed E-state index contributed by atoms with van der Waals surface area (Å²) in [5.74, 6) is -0.819. The highest BCUT2D eigenvalue weighted by molar-refractivity contribution is 7.94. The zero-order valence-corrected chi connectivity index (χ0v) is 16.4. The summed E-state index contributed by atoms with van der Waals surface area (Å²) in [7, 11) is -7.57. The number of hydrogen-bond donors (Lipinski definition) is 1. The second-order valence-corrected chi connectivity index (χ2v) is 10.5. The number of rotatable bonds is 5. The normalized spacial score (nSPS) is 18.6. The molecule has 1 N–H and O–H groups in total. The number of carbonyl (C=O) groups excluding carboxylic acids is 1. The van der Waals surface area contributed by atoms with Gasteiger partial charge in [0.05, 0.1) is 21.8 Å². The van der Waals surface area contributed by atoms with Crippen molar-refractivity contribution in [1.29, 1.82) is 0 Å². The van der Waals surface area contributed by atoms with Crippen LogP contribution in [-0.4, -0.2) is 33.5 Å². The van der Waals surface area contributed by atoms with Crippen molar-refractivity contribution in [3.63, 3.8) is 0 Å². The van der Waals surface area contributed by atoms with Crippen molar-refractivity contribution in [1.82, 2.24) is 9.71 Å². The van der Waals surface area contributed by atoms with Crippen molar-refractivity contribution in [2.75, 3.05) is 10.1 Å². The molecule has 144 valence electrons. The van der Waals surface area contributed by atoms with Crippen LogP contribution >= 0.6 is 0 Å². The summed E-state index contributed by atoms with van der Waals surface area (Å²) < 4.78 is 52.6. The van der Waals surface area contributed by atoms with Gasteiger partial charge in [0.15, 0.2) is 0 Å². The number of pyridine rings is 1. The predicted molar refractivity (Wildman–Crippen MR) is 99.8 cm³/mol. The van der Waals surface area contributed by atoms with Crippen LogP contribution in [0, 0.1) is 5.41 Å². The monoisotopic (exact) mass is 409 g/mol. The largest absolute Gasteiger partial charge is 0.273 e. The van der Waals surface area contributed by atoms with E-state index in [1.165, 1.54) is 24.3 Å². The smallest absolute Gasteiger partial charge is 0.247 e. The molecule has 1 aromatic carbocycles. The number of aromatic nitrogens is 1. The lowest BCUT2D eigenvalue weighted by molar-refractivity contribution is -0.123. The van der Waals surface area contributed by atoms with E-state index in [0.29, 0.717) is 0 Å². The molecule has 1 aromatic heterocycles. The third-order valence-corrected chi connectivity index (χ3v) is 7.62. The molecule has 27 heavy (non-hydrogen) atoms. The van der Waals surface area contributed by atoms with E-state index < -0.39 is 31.4 Å². The molecule has 0 aliphatic carbocycles. The standard InChI is InChI=1S/C17H19N3O5S2/c1-17(2)12-26(22,23)20(16(17)21)14-3-5-15(6-4-14)27(24,25)19-11-13-7-9-18-10-8-13/h3-10,19H,11-12H2,1-2H3. The number of sulfonamides is 2. The molecule has 2 aromatic rings. The van der Waals surface area contributed by atoms with Crippen LogP contribution in [0.3, 0.4) is 0 Å². The highest BCUT2D eigenvalue weighted by atomic mass is 32.2. The van der Waals surface area contributed by atoms with E-state index in [1.54, 1.807) is 38.4 Å². The minimum atomic E-state index is -3.79. The minimum absolute atomic E-state index is 0.0244. The Morgan fingerprint density at radius 3 is 2.22 bits per heavy atom. The lowest BCUT2D eigenvalue weighted by Gasteiger charge is -2.17. The van der Waals surface area contributed by atoms with Crippen molar-refractivity contribution in [2.45, 2.75) is 25.3 Å². The first kappa shape index (κ1) is 19.5. The maximum atomic E-state index is 12.4. The molecule has 1 amide bonds. The Morgan fingerprint density at radius 2 is 1.70 bits per heavy atom. The Labute approximate surface area is 158 Å². The van der Waals surface area contributed by atoms with Crippen LogP contribution in [0.15, 0.2) is 53.7 Å². The first-order valence-electron chi connectivity index (χ1n) is 8.09. The molecular weight excluding hydrogens is 390 g/mol.